The molecule has 0 aliphatic heterocycles. The second kappa shape index (κ2) is 12.7. The van der Waals surface area contributed by atoms with Gasteiger partial charge in [0, 0.05) is 63.9 Å². The summed E-state index contributed by atoms with van der Waals surface area (Å²) in [6.45, 7) is 15.8. The molecule has 0 spiro atoms. The minimum absolute atomic E-state index is 0. The molecule has 0 unspecified atom stereocenters. The van der Waals surface area contributed by atoms with Gasteiger partial charge < -0.3 is 11.8 Å². The van der Waals surface area contributed by atoms with Crippen LogP contribution in [0.25, 0.3) is 38.6 Å². The fraction of sp³-hybridized carbons (Fsp3) is 0.333. The number of aryl methyl sites for hydroxylation is 3. The Hall–Kier alpha value is -1.38. The average Bonchev–Trinajstić information content (AvgIpc) is 3.11. The summed E-state index contributed by atoms with van der Waals surface area (Å²) in [5.41, 5.74) is 11.3. The van der Waals surface area contributed by atoms with Gasteiger partial charge in [0.25, 0.3) is 0 Å². The van der Waals surface area contributed by atoms with Gasteiger partial charge in [0.15, 0.2) is 0 Å². The van der Waals surface area contributed by atoms with E-state index in [2.05, 4.69) is 101 Å². The molecule has 4 heteroatoms. The molecule has 2 radical (unpaired) electrons. The van der Waals surface area contributed by atoms with E-state index < -0.39 is 0 Å². The van der Waals surface area contributed by atoms with Gasteiger partial charge in [-0.3, -0.25) is 4.98 Å². The van der Waals surface area contributed by atoms with E-state index >= 15 is 0 Å². The first-order valence-electron chi connectivity index (χ1n) is 12.6. The maximum absolute atomic E-state index is 5.14. The summed E-state index contributed by atoms with van der Waals surface area (Å²) < 4.78 is 2.42. The maximum Gasteiger partial charge on any atom is 0.0669 e. The zero-order chi connectivity index (χ0) is 24.1. The van der Waals surface area contributed by atoms with Crippen molar-refractivity contribution in [2.75, 3.05) is 0 Å². The van der Waals surface area contributed by atoms with Crippen LogP contribution >= 0.6 is 0 Å². The Kier molecular flexibility index (Phi) is 10.9. The van der Waals surface area contributed by atoms with Crippen molar-refractivity contribution in [3.05, 3.63) is 90.0 Å². The van der Waals surface area contributed by atoms with E-state index in [9.17, 15) is 0 Å². The van der Waals surface area contributed by atoms with Crippen molar-refractivity contribution in [3.63, 3.8) is 0 Å². The monoisotopic (exact) mass is 744 g/mol. The number of aromatic nitrogens is 2. The van der Waals surface area contributed by atoms with Crippen LogP contribution in [0.4, 0.5) is 0 Å². The van der Waals surface area contributed by atoms with Crippen molar-refractivity contribution in [1.29, 1.82) is 0 Å². The summed E-state index contributed by atoms with van der Waals surface area (Å²) in [6.07, 6.45) is 2.19. The Bertz CT molecular complexity index is 1530. The van der Waals surface area contributed by atoms with Gasteiger partial charge in [0.2, 0.25) is 0 Å². The zero-order valence-electron chi connectivity index (χ0n) is 23.5. The predicted octanol–water partition coefficient (Wildman–Crippen LogP) is 8.88. The predicted molar refractivity (Wildman–Crippen MR) is 152 cm³/mol. The van der Waals surface area contributed by atoms with Gasteiger partial charge in [-0.05, 0) is 79.2 Å². The van der Waals surface area contributed by atoms with Gasteiger partial charge in [0.05, 0.1) is 17.0 Å². The minimum Gasteiger partial charge on any atom is -0.358 e. The first kappa shape index (κ1) is 31.8. The van der Waals surface area contributed by atoms with E-state index in [1.165, 1.54) is 49.8 Å². The van der Waals surface area contributed by atoms with Gasteiger partial charge in [-0.25, -0.2) is 0 Å². The number of nitrogens with zero attached hydrogens (tertiary/aromatic N) is 2. The van der Waals surface area contributed by atoms with Crippen LogP contribution in [0.3, 0.4) is 0 Å². The Labute approximate surface area is 261 Å². The molecule has 37 heavy (non-hydrogen) atoms. The van der Waals surface area contributed by atoms with E-state index in [0.29, 0.717) is 11.8 Å². The first-order chi connectivity index (χ1) is 16.3. The second-order valence-electron chi connectivity index (χ2n) is 10.8. The largest absolute Gasteiger partial charge is 0.358 e. The standard InChI is InChI=1S/C32H35N2.CH3.Ir.Y/c1-19(2)15-24-17-28-26-13-8-9-14-27(26)32-33-23(7)31(30-21(5)11-10-12-22(30)6)34(32)29(28)18-25(24)16-20(3)4;;;/h8-13,17-20H,15-16H2,1-7H3;1H3;;/q2*-1;;. The molecule has 0 saturated carbocycles. The van der Waals surface area contributed by atoms with Crippen molar-refractivity contribution in [2.45, 2.75) is 61.3 Å². The van der Waals surface area contributed by atoms with Gasteiger partial charge in [0.1, 0.15) is 0 Å². The molecule has 5 aromatic rings. The third-order valence-electron chi connectivity index (χ3n) is 6.95. The van der Waals surface area contributed by atoms with Gasteiger partial charge in [-0.15, -0.1) is 29.7 Å². The quantitative estimate of drug-likeness (QED) is 0.130. The molecule has 0 atom stereocenters. The van der Waals surface area contributed by atoms with Crippen molar-refractivity contribution in [2.24, 2.45) is 11.8 Å². The van der Waals surface area contributed by atoms with Crippen molar-refractivity contribution in [1.82, 2.24) is 9.38 Å². The van der Waals surface area contributed by atoms with Gasteiger partial charge >= 0.3 is 0 Å². The summed E-state index contributed by atoms with van der Waals surface area (Å²) in [7, 11) is 0. The molecule has 0 amide bonds. The van der Waals surface area contributed by atoms with Crippen LogP contribution in [0.2, 0.25) is 0 Å². The minimum atomic E-state index is 0. The van der Waals surface area contributed by atoms with Crippen LogP contribution in [-0.2, 0) is 65.7 Å². The molecule has 3 aromatic carbocycles. The molecule has 0 fully saturated rings. The summed E-state index contributed by atoms with van der Waals surface area (Å²) in [5.74, 6) is 1.22. The van der Waals surface area contributed by atoms with Crippen molar-refractivity contribution < 1.29 is 52.8 Å². The summed E-state index contributed by atoms with van der Waals surface area (Å²) >= 11 is 0. The summed E-state index contributed by atoms with van der Waals surface area (Å²) in [5, 5.41) is 3.64. The van der Waals surface area contributed by atoms with Crippen LogP contribution in [0.1, 0.15) is 55.6 Å². The molecule has 0 saturated heterocycles. The van der Waals surface area contributed by atoms with Crippen LogP contribution in [-0.4, -0.2) is 9.38 Å². The Morgan fingerprint density at radius 1 is 0.838 bits per heavy atom. The SMILES string of the molecule is Cc1cccc(C)c1-c1c(C)nc2c3[c-]cccc3c3cc(CC(C)C)c(CC(C)C)cc3n12.[CH3-].[Ir].[Y]. The molecule has 2 nitrogen and oxygen atoms in total. The molecule has 0 N–H and O–H groups in total. The topological polar surface area (TPSA) is 17.3 Å². The Morgan fingerprint density at radius 2 is 1.43 bits per heavy atom. The van der Waals surface area contributed by atoms with Crippen LogP contribution < -0.4 is 0 Å². The number of benzene rings is 3. The zero-order valence-corrected chi connectivity index (χ0v) is 28.7. The number of fused-ring (bicyclic) bond motifs is 6. The smallest absolute Gasteiger partial charge is 0.0669 e. The van der Waals surface area contributed by atoms with Gasteiger partial charge in [-0.1, -0.05) is 57.3 Å². The second-order valence-corrected chi connectivity index (χ2v) is 10.8. The number of pyridine rings is 1. The van der Waals surface area contributed by atoms with E-state index in [1.54, 1.807) is 0 Å². The van der Waals surface area contributed by atoms with Crippen molar-refractivity contribution >= 4 is 27.3 Å². The number of rotatable bonds is 5. The summed E-state index contributed by atoms with van der Waals surface area (Å²) in [6, 6.07) is 21.4. The molecule has 0 aliphatic rings. The molecule has 194 valence electrons. The molecule has 5 rings (SSSR count). The number of hydrogen-bond donors (Lipinski definition) is 0. The first-order valence-corrected chi connectivity index (χ1v) is 12.6. The van der Waals surface area contributed by atoms with E-state index in [0.717, 1.165) is 29.6 Å². The van der Waals surface area contributed by atoms with E-state index in [-0.39, 0.29) is 60.2 Å². The number of hydrogen-bond acceptors (Lipinski definition) is 1. The van der Waals surface area contributed by atoms with Gasteiger partial charge in [-0.2, -0.15) is 0 Å². The van der Waals surface area contributed by atoms with Crippen molar-refractivity contribution in [3.8, 4) is 11.3 Å². The van der Waals surface area contributed by atoms with Crippen LogP contribution in [0.15, 0.2) is 48.5 Å². The summed E-state index contributed by atoms with van der Waals surface area (Å²) in [4.78, 5) is 5.14. The molecule has 0 aliphatic carbocycles. The Balaban J connectivity index is 0.00000160. The van der Waals surface area contributed by atoms with E-state index in [1.807, 2.05) is 6.07 Å². The molecule has 2 aromatic heterocycles. The van der Waals surface area contributed by atoms with Crippen LogP contribution in [0.5, 0.6) is 0 Å². The third kappa shape index (κ3) is 5.81. The molecular formula is C33H38IrN2Y-2. The fourth-order valence-corrected chi connectivity index (χ4v) is 5.60. The average molecular weight is 744 g/mol. The van der Waals surface area contributed by atoms with Crippen LogP contribution in [0, 0.1) is 46.1 Å². The molecule has 2 heterocycles. The van der Waals surface area contributed by atoms with E-state index in [4.69, 9.17) is 4.98 Å². The molecular weight excluding hydrogens is 706 g/mol. The molecule has 0 bridgehead atoms. The third-order valence-corrected chi connectivity index (χ3v) is 6.95. The number of imidazole rings is 1. The maximum atomic E-state index is 5.14. The Morgan fingerprint density at radius 3 is 2.03 bits per heavy atom. The fourth-order valence-electron chi connectivity index (χ4n) is 5.60. The normalized spacial score (nSPS) is 11.2.